The number of anilines is 3. The monoisotopic (exact) mass is 2420 g/mol. The zero-order valence-electron chi connectivity index (χ0n) is 74.5. The van der Waals surface area contributed by atoms with E-state index in [1.807, 2.05) is 62.7 Å². The number of carbonyl (C=O) groups is 2. The number of alkyl carbamates (subject to hydrolysis) is 2. The molecule has 3 saturated heterocycles. The molecule has 56 heteroatoms. The van der Waals surface area contributed by atoms with E-state index in [1.54, 1.807) is 107 Å². The summed E-state index contributed by atoms with van der Waals surface area (Å²) < 4.78 is 76.4. The number of fused-ring (bicyclic) bond motifs is 4. The fraction of sp³-hybridized carbons (Fsp3) is 0.436. The molecule has 15 rings (SSSR count). The van der Waals surface area contributed by atoms with Crippen LogP contribution in [0.4, 0.5) is 36.1 Å². The predicted octanol–water partition coefficient (Wildman–Crippen LogP) is 17.0. The van der Waals surface area contributed by atoms with Crippen molar-refractivity contribution in [2.24, 2.45) is 11.5 Å². The zero-order valence-corrected chi connectivity index (χ0v) is 93.8. The first-order valence-electron chi connectivity index (χ1n) is 39.3. The first-order valence-corrected chi connectivity index (χ1v) is 51.2. The number of nitrogens with zero attached hydrogens (tertiary/aromatic N) is 19. The number of aromatic amines is 1. The topological polar surface area (TPSA) is 431 Å². The molecular formula is C78H96Br5Cl9F2N26NaO10PS2. The maximum Gasteiger partial charge on any atom is 1.00 e. The van der Waals surface area contributed by atoms with E-state index in [2.05, 4.69) is 248 Å². The van der Waals surface area contributed by atoms with Gasteiger partial charge in [0.25, 0.3) is 0 Å². The van der Waals surface area contributed by atoms with Crippen molar-refractivity contribution in [1.29, 1.82) is 0 Å². The quantitative estimate of drug-likeness (QED) is 0.0101. The second kappa shape index (κ2) is 57.2. The molecule has 728 valence electrons. The molecule has 36 nitrogen and oxygen atoms in total. The molecule has 0 spiro atoms. The fourth-order valence-electron chi connectivity index (χ4n) is 11.3. The van der Waals surface area contributed by atoms with Gasteiger partial charge in [0.05, 0.1) is 38.8 Å². The summed E-state index contributed by atoms with van der Waals surface area (Å²) in [5.74, 6) is 0.927. The van der Waals surface area contributed by atoms with Crippen molar-refractivity contribution in [3.63, 3.8) is 0 Å². The van der Waals surface area contributed by atoms with Gasteiger partial charge in [-0.25, -0.2) is 74.2 Å². The average molecular weight is 2430 g/mol. The molecule has 0 radical (unpaired) electrons. The first kappa shape index (κ1) is 120. The molecule has 0 unspecified atom stereocenters. The summed E-state index contributed by atoms with van der Waals surface area (Å²) in [5, 5.41) is 10.1. The third kappa shape index (κ3) is 41.0. The molecule has 0 bridgehead atoms. The molecule has 3 fully saturated rings. The number of halogens is 16. The fourth-order valence-corrected chi connectivity index (χ4v) is 15.1. The molecule has 12 aromatic heterocycles. The molecule has 2 amide bonds. The van der Waals surface area contributed by atoms with E-state index in [0.717, 1.165) is 129 Å². The van der Waals surface area contributed by atoms with Crippen molar-refractivity contribution in [3.8, 4) is 0 Å². The zero-order chi connectivity index (χ0) is 98.9. The van der Waals surface area contributed by atoms with E-state index in [4.69, 9.17) is 109 Å². The maximum absolute atomic E-state index is 13.6. The summed E-state index contributed by atoms with van der Waals surface area (Å²) in [6, 6.07) is 3.15. The Hall–Kier alpha value is -4.93. The van der Waals surface area contributed by atoms with Crippen LogP contribution in [-0.2, 0) is 45.6 Å². The molecule has 3 aliphatic heterocycles. The number of aromatic nitrogens is 18. The van der Waals surface area contributed by atoms with Crippen molar-refractivity contribution < 1.29 is 80.9 Å². The van der Waals surface area contributed by atoms with E-state index in [-0.39, 0.29) is 97.2 Å². The molecule has 15 heterocycles. The van der Waals surface area contributed by atoms with Gasteiger partial charge in [0.2, 0.25) is 39.6 Å². The Bertz CT molecular complexity index is 5780. The standard InChI is InChI=1S/C17H24BrN5O2.C17H18ClFN6S.C11H22N2O2.C8H11BrClN3O2.C6H3BrClN3.C6H4BrN3O.C5H3ClFNS.C4HBrCl2N2.C4H11NO2.Cl3OP.Na/c1-16(2,3)25-15(24)21-17(4)5-8-22(9-6-17)14-20-11-12(18)13-19-7-10-23(13)14;1-17(20)3-7-24(8-4-17)16-23-10-12(15-22-6-9-25(15)16)26-11-2-5-21-14(19)13(11)18;1-10(2,3)15-9(14)13-11(4)5-7-12-8-6-11;1-14-6(15-2)4-11-7-5(9)3-12-8(10)13-7;7-4-3-10-6(8)11-2-1-9-5(4)11;7-4-3-9-6(11)10-2-1-8-5(4)10;6-4-3(9)1-2-8-5(4)7;5-2-1-8-4(7)9-3(2)6;1-6-4(3-5)7-2;1-5(2,3)4;/h7,10-11H,5-6,8-9H2,1-4H3,(H,21,24);2,5-6,9-10H,3-4,7-8,20H2,1H3;12H,5-8H2,1-4H3,(H,13,14);3,6H,4H2,1-2H3,(H,11,12,13);1-3H;1-3H,(H,9,11);1-2H,(H,8,9);1H;4H,3,5H2,1-2H3;;/q;;;;;;;;;;+1/p-1. The smallest absolute Gasteiger partial charge is 0.778 e. The summed E-state index contributed by atoms with van der Waals surface area (Å²) in [4.78, 5) is 95.3. The largest absolute Gasteiger partial charge is 1.00 e. The predicted molar refractivity (Wildman–Crippen MR) is 537 cm³/mol. The Morgan fingerprint density at radius 1 is 0.560 bits per heavy atom. The van der Waals surface area contributed by atoms with Crippen molar-refractivity contribution in [2.45, 2.75) is 156 Å². The number of hydrogen-bond donors (Lipinski definition) is 7. The number of hydrogen-bond acceptors (Lipinski definition) is 31. The number of imidazole rings is 4. The molecule has 0 aliphatic carbocycles. The number of nitrogens with two attached hydrogens (primary N) is 2. The van der Waals surface area contributed by atoms with Gasteiger partial charge >= 0.3 is 52.6 Å². The summed E-state index contributed by atoms with van der Waals surface area (Å²) in [6.45, 7) is 23.5. The molecule has 3 aliphatic rings. The SMILES string of the molecule is CC1(N)CCN(c2ncc(Sc3ccnc(F)c3Cl)c3nccn23)CC1.CC1(NC(=O)OC(C)(C)C)CCN(c2ncc(Br)c3nccn23)CC1.CC1(NC(=O)OC(C)(C)C)CCNCC1.COC(CN)OC.COC(CNc1nc(Cl)ncc1Br)OC.Clc1ncc(Br)c(Cl)n1.Clc1ncc(Br)c2nccn12.Fc1nccc([S-])c1Cl.O=P(Cl)(Cl)Cl.O=c1[nH]cc(Br)c2nccn12.[Na+]. The van der Waals surface area contributed by atoms with Gasteiger partial charge in [0, 0.05) is 182 Å². The number of amides is 2. The van der Waals surface area contributed by atoms with Crippen LogP contribution in [0, 0.1) is 11.9 Å². The van der Waals surface area contributed by atoms with Crippen LogP contribution in [0.25, 0.3) is 22.6 Å². The Labute approximate surface area is 890 Å². The van der Waals surface area contributed by atoms with Gasteiger partial charge in [0.1, 0.15) is 27.2 Å². The second-order valence-corrected chi connectivity index (χ2v) is 45.3. The van der Waals surface area contributed by atoms with E-state index in [0.29, 0.717) is 49.3 Å². The van der Waals surface area contributed by atoms with Crippen LogP contribution in [0.15, 0.2) is 153 Å². The van der Waals surface area contributed by atoms with Crippen LogP contribution in [-0.4, -0.2) is 221 Å². The number of rotatable bonds is 14. The van der Waals surface area contributed by atoms with E-state index < -0.39 is 28.3 Å². The number of H-pyrrole nitrogens is 1. The second-order valence-electron chi connectivity index (χ2n) is 30.7. The molecule has 9 N–H and O–H groups in total. The Morgan fingerprint density at radius 2 is 0.985 bits per heavy atom. The summed E-state index contributed by atoms with van der Waals surface area (Å²) in [7, 11) is 6.25. The first-order chi connectivity index (χ1) is 62.4. The van der Waals surface area contributed by atoms with Crippen molar-refractivity contribution in [1.82, 2.24) is 103 Å². The van der Waals surface area contributed by atoms with Crippen LogP contribution in [0.2, 0.25) is 31.0 Å². The molecule has 12 aromatic rings. The normalized spacial score (nSPS) is 14.1. The van der Waals surface area contributed by atoms with Crippen LogP contribution >= 0.6 is 200 Å². The van der Waals surface area contributed by atoms with Gasteiger partial charge in [-0.05, 0) is 268 Å². The third-order valence-electron chi connectivity index (χ3n) is 18.0. The van der Waals surface area contributed by atoms with Crippen molar-refractivity contribution in [2.75, 3.05) is 95.9 Å². The number of piperidine rings is 3. The minimum atomic E-state index is -3.22. The number of carbonyl (C=O) groups excluding carboxylic acids is 2. The Morgan fingerprint density at radius 3 is 1.45 bits per heavy atom. The third-order valence-corrected chi connectivity index (χ3v) is 24.4. The van der Waals surface area contributed by atoms with Gasteiger partial charge in [-0.2, -0.15) is 18.7 Å². The van der Waals surface area contributed by atoms with Crippen LogP contribution in [0.3, 0.4) is 0 Å². The molecular weight excluding hydrogens is 2340 g/mol. The molecule has 0 atom stereocenters. The van der Waals surface area contributed by atoms with Crippen LogP contribution < -0.4 is 77.8 Å². The minimum Gasteiger partial charge on any atom is -0.778 e. The average Bonchev–Trinajstić information content (AvgIpc) is 1.59. The summed E-state index contributed by atoms with van der Waals surface area (Å²) in [5.41, 5.74) is 12.8. The van der Waals surface area contributed by atoms with Crippen LogP contribution in [0.5, 0.6) is 0 Å². The molecule has 0 aromatic carbocycles. The van der Waals surface area contributed by atoms with Gasteiger partial charge in [0.15, 0.2) is 35.2 Å². The Kier molecular flexibility index (Phi) is 51.1. The minimum absolute atomic E-state index is 0. The number of ether oxygens (including phenoxy) is 6. The van der Waals surface area contributed by atoms with Crippen molar-refractivity contribution in [3.05, 3.63) is 187 Å². The maximum atomic E-state index is 13.6. The van der Waals surface area contributed by atoms with Gasteiger partial charge in [-0.1, -0.05) is 52.6 Å². The van der Waals surface area contributed by atoms with E-state index >= 15 is 0 Å². The van der Waals surface area contributed by atoms with Crippen LogP contribution in [0.1, 0.15) is 101 Å². The van der Waals surface area contributed by atoms with Gasteiger partial charge < -0.3 is 88.6 Å². The van der Waals surface area contributed by atoms with Crippen molar-refractivity contribution >= 4 is 265 Å². The summed E-state index contributed by atoms with van der Waals surface area (Å²) in [6.07, 6.45) is 30.5. The van der Waals surface area contributed by atoms with E-state index in [9.17, 15) is 27.7 Å². The Balaban J connectivity index is 0.000000273. The van der Waals surface area contributed by atoms with Gasteiger partial charge in [-0.15, -0.1) is 0 Å². The number of nitrogens with one attached hydrogen (secondary N) is 5. The summed E-state index contributed by atoms with van der Waals surface area (Å²) >= 11 is 69.9. The number of methoxy groups -OCH3 is 4. The van der Waals surface area contributed by atoms with Gasteiger partial charge in [-0.3, -0.25) is 22.2 Å². The molecule has 0 saturated carbocycles. The van der Waals surface area contributed by atoms with E-state index in [1.165, 1.54) is 40.8 Å². The number of pyridine rings is 2. The molecule has 134 heavy (non-hydrogen) atoms.